The van der Waals surface area contributed by atoms with Crippen molar-refractivity contribution in [3.8, 4) is 0 Å². The van der Waals surface area contributed by atoms with Gasteiger partial charge < -0.3 is 15.5 Å². The van der Waals surface area contributed by atoms with Crippen LogP contribution in [0.3, 0.4) is 0 Å². The highest BCUT2D eigenvalue weighted by Gasteiger charge is 2.67. The molecule has 0 spiro atoms. The van der Waals surface area contributed by atoms with Crippen molar-refractivity contribution in [3.63, 3.8) is 0 Å². The summed E-state index contributed by atoms with van der Waals surface area (Å²) < 4.78 is -1.32. The zero-order valence-corrected chi connectivity index (χ0v) is 23.3. The van der Waals surface area contributed by atoms with Crippen LogP contribution >= 0.6 is 58.0 Å². The Morgan fingerprint density at radius 3 is 2.17 bits per heavy atom. The molecule has 0 aliphatic heterocycles. The lowest BCUT2D eigenvalue weighted by Crippen LogP contribution is -2.27. The monoisotopic (exact) mass is 583 g/mol. The van der Waals surface area contributed by atoms with Gasteiger partial charge in [0, 0.05) is 47.1 Å². The molecule has 1 aliphatic carbocycles. The van der Waals surface area contributed by atoms with Crippen molar-refractivity contribution < 1.29 is 9.59 Å². The Morgan fingerprint density at radius 2 is 1.56 bits per heavy atom. The fourth-order valence-corrected chi connectivity index (χ4v) is 5.86. The maximum atomic E-state index is 13.3. The summed E-state index contributed by atoms with van der Waals surface area (Å²) in [6.07, 6.45) is 0. The number of amides is 2. The minimum absolute atomic E-state index is 0.242. The molecule has 0 saturated heterocycles. The summed E-state index contributed by atoms with van der Waals surface area (Å²) in [7, 11) is 3.50. The Kier molecular flexibility index (Phi) is 7.70. The van der Waals surface area contributed by atoms with Gasteiger partial charge in [0.15, 0.2) is 0 Å². The molecular weight excluding hydrogens is 564 g/mol. The van der Waals surface area contributed by atoms with E-state index in [4.69, 9.17) is 58.0 Å². The zero-order valence-electron chi connectivity index (χ0n) is 19.5. The zero-order chi connectivity index (χ0) is 26.4. The molecule has 2 N–H and O–H groups in total. The quantitative estimate of drug-likeness (QED) is 0.290. The molecule has 2 atom stereocenters. The lowest BCUT2D eigenvalue weighted by Gasteiger charge is -2.21. The Hall–Kier alpha value is -2.15. The van der Waals surface area contributed by atoms with Gasteiger partial charge in [-0.1, -0.05) is 34.8 Å². The molecule has 0 aromatic heterocycles. The maximum Gasteiger partial charge on any atom is 0.259 e. The lowest BCUT2D eigenvalue weighted by atomic mass is 10.1. The van der Waals surface area contributed by atoms with E-state index in [2.05, 4.69) is 10.6 Å². The van der Waals surface area contributed by atoms with Crippen LogP contribution in [0.5, 0.6) is 0 Å². The predicted molar refractivity (Wildman–Crippen MR) is 151 cm³/mol. The fourth-order valence-electron chi connectivity index (χ4n) is 4.29. The predicted octanol–water partition coefficient (Wildman–Crippen LogP) is 7.80. The second-order valence-corrected chi connectivity index (χ2v) is 11.4. The highest BCUT2D eigenvalue weighted by molar-refractivity contribution is 6.53. The van der Waals surface area contributed by atoms with E-state index in [1.165, 1.54) is 11.0 Å². The molecule has 2 amide bonds. The second kappa shape index (κ2) is 10.3. The van der Waals surface area contributed by atoms with Crippen molar-refractivity contribution in [1.29, 1.82) is 0 Å². The molecule has 0 radical (unpaired) electrons. The highest BCUT2D eigenvalue weighted by Crippen LogP contribution is 2.65. The molecule has 3 aromatic carbocycles. The van der Waals surface area contributed by atoms with Gasteiger partial charge in [-0.3, -0.25) is 9.59 Å². The van der Waals surface area contributed by atoms with E-state index < -0.39 is 22.1 Å². The van der Waals surface area contributed by atoms with Crippen LogP contribution in [0.25, 0.3) is 0 Å². The summed E-state index contributed by atoms with van der Waals surface area (Å²) >= 11 is 31.5. The molecule has 5 nitrogen and oxygen atoms in total. The molecule has 188 valence electrons. The number of carbonyl (C=O) groups is 2. The summed E-state index contributed by atoms with van der Waals surface area (Å²) in [6, 6.07) is 15.4. The summed E-state index contributed by atoms with van der Waals surface area (Å²) in [5.74, 6) is -1.94. The summed E-state index contributed by atoms with van der Waals surface area (Å²) in [4.78, 5) is 27.9. The van der Waals surface area contributed by atoms with Crippen molar-refractivity contribution in [1.82, 2.24) is 0 Å². The van der Waals surface area contributed by atoms with Gasteiger partial charge in [0.2, 0.25) is 5.91 Å². The minimum atomic E-state index is -1.32. The SMILES string of the molecule is CNc1ccc(N(C)C(=O)c2cc(NC(=O)[C@@H]3[C@@H](c4cc(Cl)cc(Cl)c4)C3(Cl)Cl)ccc2Cl)c(C)c1. The van der Waals surface area contributed by atoms with Gasteiger partial charge >= 0.3 is 0 Å². The van der Waals surface area contributed by atoms with Gasteiger partial charge in [-0.15, -0.1) is 23.2 Å². The Bertz CT molecular complexity index is 1340. The van der Waals surface area contributed by atoms with Gasteiger partial charge in [-0.25, -0.2) is 0 Å². The standard InChI is InChI=1S/C26H22Cl5N3O2/c1-13-8-17(32-2)5-7-21(13)34(3)25(36)19-12-18(4-6-20(19)29)33-24(35)23-22(26(23,30)31)14-9-15(27)11-16(28)10-14/h4-12,22-23,32H,1-3H3,(H,33,35)/t22-,23+/m1/s1. The Balaban J connectivity index is 1.54. The molecule has 1 saturated carbocycles. The van der Waals surface area contributed by atoms with Gasteiger partial charge in [-0.05, 0) is 72.6 Å². The number of alkyl halides is 2. The molecule has 0 bridgehead atoms. The number of carbonyl (C=O) groups excluding carboxylic acids is 2. The van der Waals surface area contributed by atoms with E-state index in [1.54, 1.807) is 37.4 Å². The number of aryl methyl sites for hydroxylation is 1. The molecule has 10 heteroatoms. The largest absolute Gasteiger partial charge is 0.388 e. The number of hydrogen-bond donors (Lipinski definition) is 2. The van der Waals surface area contributed by atoms with Gasteiger partial charge in [0.25, 0.3) is 5.91 Å². The normalized spacial score (nSPS) is 17.9. The topological polar surface area (TPSA) is 61.4 Å². The summed E-state index contributed by atoms with van der Waals surface area (Å²) in [5.41, 5.74) is 3.89. The van der Waals surface area contributed by atoms with E-state index in [-0.39, 0.29) is 16.5 Å². The molecule has 3 aromatic rings. The maximum absolute atomic E-state index is 13.3. The molecule has 1 fully saturated rings. The average Bonchev–Trinajstić information content (AvgIpc) is 3.40. The number of hydrogen-bond acceptors (Lipinski definition) is 3. The van der Waals surface area contributed by atoms with Gasteiger partial charge in [-0.2, -0.15) is 0 Å². The van der Waals surface area contributed by atoms with Crippen LogP contribution in [-0.2, 0) is 4.79 Å². The third kappa shape index (κ3) is 5.27. The summed E-state index contributed by atoms with van der Waals surface area (Å²) in [5, 5.41) is 6.99. The van der Waals surface area contributed by atoms with Crippen LogP contribution in [0.1, 0.15) is 27.4 Å². The van der Waals surface area contributed by atoms with Crippen molar-refractivity contribution in [3.05, 3.63) is 86.4 Å². The Morgan fingerprint density at radius 1 is 0.917 bits per heavy atom. The molecule has 36 heavy (non-hydrogen) atoms. The molecular formula is C26H22Cl5N3O2. The van der Waals surface area contributed by atoms with Crippen LogP contribution < -0.4 is 15.5 Å². The lowest BCUT2D eigenvalue weighted by molar-refractivity contribution is -0.117. The molecule has 0 heterocycles. The van der Waals surface area contributed by atoms with Crippen LogP contribution in [0.2, 0.25) is 15.1 Å². The van der Waals surface area contributed by atoms with Crippen LogP contribution in [-0.4, -0.2) is 30.2 Å². The number of rotatable bonds is 6. The van der Waals surface area contributed by atoms with Crippen LogP contribution in [0.15, 0.2) is 54.6 Å². The Labute approximate surface area is 234 Å². The van der Waals surface area contributed by atoms with Gasteiger partial charge in [0.1, 0.15) is 4.33 Å². The number of halogens is 5. The molecule has 0 unspecified atom stereocenters. The second-order valence-electron chi connectivity index (χ2n) is 8.63. The number of benzene rings is 3. The van der Waals surface area contributed by atoms with E-state index >= 15 is 0 Å². The van der Waals surface area contributed by atoms with Crippen molar-refractivity contribution in [2.75, 3.05) is 29.6 Å². The van der Waals surface area contributed by atoms with E-state index in [0.29, 0.717) is 21.3 Å². The highest BCUT2D eigenvalue weighted by atomic mass is 35.5. The smallest absolute Gasteiger partial charge is 0.259 e. The number of nitrogens with zero attached hydrogens (tertiary/aromatic N) is 1. The molecule has 4 rings (SSSR count). The first-order chi connectivity index (χ1) is 16.9. The third-order valence-electron chi connectivity index (χ3n) is 6.20. The average molecular weight is 586 g/mol. The summed E-state index contributed by atoms with van der Waals surface area (Å²) in [6.45, 7) is 1.92. The first kappa shape index (κ1) is 26.9. The number of nitrogens with one attached hydrogen (secondary N) is 2. The van der Waals surface area contributed by atoms with Crippen LogP contribution in [0.4, 0.5) is 17.1 Å². The van der Waals surface area contributed by atoms with Crippen molar-refractivity contribution in [2.24, 2.45) is 5.92 Å². The van der Waals surface area contributed by atoms with E-state index in [1.807, 2.05) is 32.2 Å². The van der Waals surface area contributed by atoms with Gasteiger partial charge in [0.05, 0.1) is 16.5 Å². The first-order valence-corrected chi connectivity index (χ1v) is 12.8. The number of anilines is 3. The first-order valence-electron chi connectivity index (χ1n) is 10.9. The third-order valence-corrected chi connectivity index (χ3v) is 7.90. The van der Waals surface area contributed by atoms with E-state index in [0.717, 1.165) is 16.9 Å². The van der Waals surface area contributed by atoms with E-state index in [9.17, 15) is 9.59 Å². The minimum Gasteiger partial charge on any atom is -0.388 e. The fraction of sp³-hybridized carbons (Fsp3) is 0.231. The van der Waals surface area contributed by atoms with Crippen molar-refractivity contribution in [2.45, 2.75) is 17.2 Å². The molecule has 1 aliphatic rings. The van der Waals surface area contributed by atoms with Crippen molar-refractivity contribution >= 4 is 86.9 Å². The van der Waals surface area contributed by atoms with Crippen LogP contribution in [0, 0.1) is 12.8 Å².